The summed E-state index contributed by atoms with van der Waals surface area (Å²) in [5, 5.41) is 0. The summed E-state index contributed by atoms with van der Waals surface area (Å²) >= 11 is 1.68. The summed E-state index contributed by atoms with van der Waals surface area (Å²) in [5.74, 6) is 0.934. The largest absolute Gasteiger partial charge is 0.491 e. The van der Waals surface area contributed by atoms with Crippen LogP contribution in [0.25, 0.3) is 0 Å². The van der Waals surface area contributed by atoms with Crippen molar-refractivity contribution in [3.8, 4) is 5.75 Å². The molecule has 1 heterocycles. The average molecular weight is 196 g/mol. The lowest BCUT2D eigenvalue weighted by molar-refractivity contribution is 0.296. The van der Waals surface area contributed by atoms with E-state index in [1.807, 2.05) is 25.2 Å². The SMILES string of the molecule is CN1CCOc2ccc(N)cc2S1. The highest BCUT2D eigenvalue weighted by atomic mass is 32.2. The molecule has 0 saturated heterocycles. The van der Waals surface area contributed by atoms with E-state index in [1.54, 1.807) is 11.9 Å². The van der Waals surface area contributed by atoms with Gasteiger partial charge in [0.1, 0.15) is 12.4 Å². The molecule has 0 aromatic heterocycles. The predicted octanol–water partition coefficient (Wildman–Crippen LogP) is 1.60. The molecule has 0 saturated carbocycles. The number of benzene rings is 1. The zero-order chi connectivity index (χ0) is 9.26. The fraction of sp³-hybridized carbons (Fsp3) is 0.333. The van der Waals surface area contributed by atoms with Gasteiger partial charge in [0.05, 0.1) is 4.90 Å². The van der Waals surface area contributed by atoms with Crippen LogP contribution in [0.15, 0.2) is 23.1 Å². The first-order valence-corrected chi connectivity index (χ1v) is 4.94. The summed E-state index contributed by atoms with van der Waals surface area (Å²) in [7, 11) is 2.05. The van der Waals surface area contributed by atoms with Gasteiger partial charge in [-0.1, -0.05) is 0 Å². The number of hydrogen-bond acceptors (Lipinski definition) is 4. The number of anilines is 1. The standard InChI is InChI=1S/C9H12N2OS/c1-11-4-5-12-8-3-2-7(10)6-9(8)13-11/h2-3,6H,4-5,10H2,1H3. The molecule has 1 aromatic rings. The summed E-state index contributed by atoms with van der Waals surface area (Å²) in [6, 6.07) is 5.74. The number of ether oxygens (including phenoxy) is 1. The van der Waals surface area contributed by atoms with Crippen molar-refractivity contribution < 1.29 is 4.74 Å². The molecule has 0 aliphatic carbocycles. The molecule has 2 rings (SSSR count). The Balaban J connectivity index is 2.35. The van der Waals surface area contributed by atoms with Crippen molar-refractivity contribution in [2.75, 3.05) is 25.9 Å². The minimum Gasteiger partial charge on any atom is -0.491 e. The van der Waals surface area contributed by atoms with Crippen LogP contribution in [-0.2, 0) is 0 Å². The van der Waals surface area contributed by atoms with Crippen LogP contribution in [-0.4, -0.2) is 24.5 Å². The fourth-order valence-electron chi connectivity index (χ4n) is 1.21. The molecule has 0 amide bonds. The van der Waals surface area contributed by atoms with Gasteiger partial charge >= 0.3 is 0 Å². The molecule has 13 heavy (non-hydrogen) atoms. The zero-order valence-electron chi connectivity index (χ0n) is 7.49. The molecule has 0 spiro atoms. The Labute approximate surface area is 82.0 Å². The van der Waals surface area contributed by atoms with E-state index in [9.17, 15) is 0 Å². The third-order valence-electron chi connectivity index (χ3n) is 1.89. The van der Waals surface area contributed by atoms with Gasteiger partial charge in [-0.3, -0.25) is 0 Å². The van der Waals surface area contributed by atoms with E-state index in [1.165, 1.54) is 0 Å². The van der Waals surface area contributed by atoms with Crippen LogP contribution in [0, 0.1) is 0 Å². The van der Waals surface area contributed by atoms with Crippen molar-refractivity contribution in [1.29, 1.82) is 0 Å². The van der Waals surface area contributed by atoms with Gasteiger partial charge in [0.15, 0.2) is 0 Å². The molecule has 0 bridgehead atoms. The summed E-state index contributed by atoms with van der Waals surface area (Å²) in [5.41, 5.74) is 6.47. The summed E-state index contributed by atoms with van der Waals surface area (Å²) in [4.78, 5) is 1.10. The van der Waals surface area contributed by atoms with Crippen LogP contribution in [0.4, 0.5) is 5.69 Å². The normalized spacial score (nSPS) is 17.3. The minimum absolute atomic E-state index is 0.737. The van der Waals surface area contributed by atoms with Gasteiger partial charge in [-0.15, -0.1) is 0 Å². The number of likely N-dealkylation sites (N-methyl/N-ethyl adjacent to an activating group) is 1. The molecule has 0 fully saturated rings. The molecule has 1 aliphatic rings. The van der Waals surface area contributed by atoms with Gasteiger partial charge in [-0.2, -0.15) is 0 Å². The first-order valence-electron chi connectivity index (χ1n) is 4.17. The quantitative estimate of drug-likeness (QED) is 0.505. The van der Waals surface area contributed by atoms with Crippen LogP contribution in [0.2, 0.25) is 0 Å². The van der Waals surface area contributed by atoms with Crippen LogP contribution in [0.1, 0.15) is 0 Å². The molecular weight excluding hydrogens is 184 g/mol. The molecule has 0 unspecified atom stereocenters. The molecule has 1 aliphatic heterocycles. The Bertz CT molecular complexity index is 316. The van der Waals surface area contributed by atoms with E-state index < -0.39 is 0 Å². The Morgan fingerprint density at radius 3 is 3.23 bits per heavy atom. The monoisotopic (exact) mass is 196 g/mol. The second-order valence-corrected chi connectivity index (χ2v) is 4.24. The third kappa shape index (κ3) is 1.89. The van der Waals surface area contributed by atoms with Crippen molar-refractivity contribution in [3.05, 3.63) is 18.2 Å². The van der Waals surface area contributed by atoms with E-state index in [-0.39, 0.29) is 0 Å². The lowest BCUT2D eigenvalue weighted by Gasteiger charge is -2.09. The fourth-order valence-corrected chi connectivity index (χ4v) is 2.12. The number of hydrogen-bond donors (Lipinski definition) is 1. The van der Waals surface area contributed by atoms with Crippen molar-refractivity contribution in [3.63, 3.8) is 0 Å². The van der Waals surface area contributed by atoms with Crippen molar-refractivity contribution in [1.82, 2.24) is 4.31 Å². The highest BCUT2D eigenvalue weighted by Crippen LogP contribution is 2.34. The summed E-state index contributed by atoms with van der Waals surface area (Å²) < 4.78 is 7.70. The van der Waals surface area contributed by atoms with Crippen LogP contribution < -0.4 is 10.5 Å². The van der Waals surface area contributed by atoms with Crippen LogP contribution in [0.5, 0.6) is 5.75 Å². The highest BCUT2D eigenvalue weighted by Gasteiger charge is 2.12. The number of fused-ring (bicyclic) bond motifs is 1. The van der Waals surface area contributed by atoms with E-state index in [2.05, 4.69) is 4.31 Å². The van der Waals surface area contributed by atoms with Crippen molar-refractivity contribution in [2.24, 2.45) is 0 Å². The first kappa shape index (κ1) is 8.72. The van der Waals surface area contributed by atoms with Gasteiger partial charge in [-0.05, 0) is 37.2 Å². The highest BCUT2D eigenvalue weighted by molar-refractivity contribution is 7.97. The van der Waals surface area contributed by atoms with Crippen molar-refractivity contribution in [2.45, 2.75) is 4.90 Å². The predicted molar refractivity (Wildman–Crippen MR) is 54.8 cm³/mol. The maximum atomic E-state index is 5.69. The van der Waals surface area contributed by atoms with Crippen LogP contribution >= 0.6 is 11.9 Å². The molecule has 2 N–H and O–H groups in total. The van der Waals surface area contributed by atoms with Gasteiger partial charge < -0.3 is 10.5 Å². The summed E-state index contributed by atoms with van der Waals surface area (Å²) in [6.45, 7) is 1.67. The first-order chi connectivity index (χ1) is 6.25. The molecule has 1 aromatic carbocycles. The maximum absolute atomic E-state index is 5.69. The van der Waals surface area contributed by atoms with Gasteiger partial charge in [0, 0.05) is 12.2 Å². The Morgan fingerprint density at radius 2 is 2.38 bits per heavy atom. The minimum atomic E-state index is 0.737. The van der Waals surface area contributed by atoms with Gasteiger partial charge in [0.25, 0.3) is 0 Å². The van der Waals surface area contributed by atoms with E-state index in [0.717, 1.165) is 29.5 Å². The Hall–Kier alpha value is -0.870. The lowest BCUT2D eigenvalue weighted by Crippen LogP contribution is -2.14. The summed E-state index contributed by atoms with van der Waals surface area (Å²) in [6.07, 6.45) is 0. The molecule has 70 valence electrons. The molecule has 0 atom stereocenters. The number of nitrogens with two attached hydrogens (primary N) is 1. The maximum Gasteiger partial charge on any atom is 0.134 e. The van der Waals surface area contributed by atoms with Gasteiger partial charge in [0.2, 0.25) is 0 Å². The number of nitrogen functional groups attached to an aromatic ring is 1. The smallest absolute Gasteiger partial charge is 0.134 e. The molecule has 0 radical (unpaired) electrons. The zero-order valence-corrected chi connectivity index (χ0v) is 8.30. The molecular formula is C9H12N2OS. The second-order valence-electron chi connectivity index (χ2n) is 3.00. The number of rotatable bonds is 0. The second kappa shape index (κ2) is 3.47. The van der Waals surface area contributed by atoms with Crippen molar-refractivity contribution >= 4 is 17.6 Å². The van der Waals surface area contributed by atoms with Gasteiger partial charge in [-0.25, -0.2) is 4.31 Å². The van der Waals surface area contributed by atoms with E-state index in [0.29, 0.717) is 0 Å². The van der Waals surface area contributed by atoms with E-state index in [4.69, 9.17) is 10.5 Å². The van der Waals surface area contributed by atoms with E-state index >= 15 is 0 Å². The molecule has 3 nitrogen and oxygen atoms in total. The topological polar surface area (TPSA) is 38.5 Å². The molecule has 4 heteroatoms. The Kier molecular flexibility index (Phi) is 2.33. The average Bonchev–Trinajstić information content (AvgIpc) is 2.25. The lowest BCUT2D eigenvalue weighted by atomic mass is 10.3. The third-order valence-corrected chi connectivity index (χ3v) is 2.90. The van der Waals surface area contributed by atoms with Crippen LogP contribution in [0.3, 0.4) is 0 Å². The Morgan fingerprint density at radius 1 is 1.54 bits per heavy atom. The number of nitrogens with zero attached hydrogens (tertiary/aromatic N) is 1.